The molecule has 0 atom stereocenters. The van der Waals surface area contributed by atoms with Gasteiger partial charge in [0.1, 0.15) is 0 Å². The second-order valence-corrected chi connectivity index (χ2v) is 3.93. The smallest absolute Gasteiger partial charge is 0.322 e. The second kappa shape index (κ2) is 4.75. The summed E-state index contributed by atoms with van der Waals surface area (Å²) in [6.07, 6.45) is -1.50. The quantitative estimate of drug-likeness (QED) is 0.911. The number of hydrogen-bond donors (Lipinski definition) is 1. The fourth-order valence-corrected chi connectivity index (χ4v) is 1.48. The zero-order valence-corrected chi connectivity index (χ0v) is 9.90. The number of benzene rings is 1. The molecule has 1 aromatic carbocycles. The van der Waals surface area contributed by atoms with E-state index in [9.17, 15) is 18.0 Å². The third-order valence-electron chi connectivity index (χ3n) is 2.44. The number of rotatable bonds is 2. The van der Waals surface area contributed by atoms with Gasteiger partial charge in [0.25, 0.3) is 5.91 Å². The summed E-state index contributed by atoms with van der Waals surface area (Å²) in [4.78, 5) is 11.7. The normalized spacial score (nSPS) is 11.4. The van der Waals surface area contributed by atoms with Crippen LogP contribution < -0.4 is 5.32 Å². The lowest BCUT2D eigenvalue weighted by Crippen LogP contribution is -2.11. The fourth-order valence-electron chi connectivity index (χ4n) is 1.48. The van der Waals surface area contributed by atoms with Gasteiger partial charge in [0.15, 0.2) is 0 Å². The van der Waals surface area contributed by atoms with Crippen molar-refractivity contribution in [3.8, 4) is 0 Å². The van der Waals surface area contributed by atoms with Crippen molar-refractivity contribution in [2.45, 2.75) is 6.18 Å². The molecule has 0 fully saturated rings. The third kappa shape index (κ3) is 3.12. The number of halogens is 3. The highest BCUT2D eigenvalue weighted by Gasteiger charge is 2.29. The van der Waals surface area contributed by atoms with Crippen molar-refractivity contribution in [3.63, 3.8) is 0 Å². The Morgan fingerprint density at radius 3 is 2.37 bits per heavy atom. The van der Waals surface area contributed by atoms with Gasteiger partial charge in [0.05, 0.1) is 17.3 Å². The summed E-state index contributed by atoms with van der Waals surface area (Å²) >= 11 is 0. The Labute approximate surface area is 106 Å². The molecule has 0 saturated carbocycles. The average Bonchev–Trinajstić information content (AvgIpc) is 2.75. The van der Waals surface area contributed by atoms with E-state index in [1.165, 1.54) is 29.2 Å². The number of carbonyl (C=O) groups is 1. The van der Waals surface area contributed by atoms with E-state index in [1.54, 1.807) is 7.05 Å². The van der Waals surface area contributed by atoms with E-state index in [2.05, 4.69) is 10.4 Å². The van der Waals surface area contributed by atoms with E-state index in [1.807, 2.05) is 0 Å². The van der Waals surface area contributed by atoms with Crippen molar-refractivity contribution >= 4 is 11.6 Å². The van der Waals surface area contributed by atoms with E-state index in [-0.39, 0.29) is 0 Å². The number of amides is 1. The molecule has 0 aliphatic rings. The van der Waals surface area contributed by atoms with Gasteiger partial charge in [0.2, 0.25) is 0 Å². The summed E-state index contributed by atoms with van der Waals surface area (Å²) < 4.78 is 38.5. The van der Waals surface area contributed by atoms with E-state index in [0.29, 0.717) is 11.3 Å². The summed E-state index contributed by atoms with van der Waals surface area (Å²) in [6, 6.07) is 4.24. The number of nitrogens with one attached hydrogen (secondary N) is 1. The molecule has 0 radical (unpaired) electrons. The van der Waals surface area contributed by atoms with Gasteiger partial charge in [-0.1, -0.05) is 0 Å². The molecule has 0 saturated heterocycles. The number of nitrogens with zero attached hydrogens (tertiary/aromatic N) is 2. The first-order valence-electron chi connectivity index (χ1n) is 5.33. The molecule has 0 unspecified atom stereocenters. The van der Waals surface area contributed by atoms with Gasteiger partial charge < -0.3 is 5.32 Å². The molecule has 1 aromatic heterocycles. The maximum absolute atomic E-state index is 12.4. The first kappa shape index (κ1) is 13.1. The molecule has 1 heterocycles. The zero-order valence-electron chi connectivity index (χ0n) is 9.90. The first-order valence-corrected chi connectivity index (χ1v) is 5.33. The monoisotopic (exact) mass is 269 g/mol. The van der Waals surface area contributed by atoms with E-state index in [4.69, 9.17) is 0 Å². The lowest BCUT2D eigenvalue weighted by Gasteiger charge is -2.08. The van der Waals surface area contributed by atoms with Crippen molar-refractivity contribution in [1.82, 2.24) is 9.78 Å². The Kier molecular flexibility index (Phi) is 3.28. The minimum atomic E-state index is -4.38. The minimum absolute atomic E-state index is 0.293. The molecule has 100 valence electrons. The Morgan fingerprint density at radius 2 is 1.89 bits per heavy atom. The van der Waals surface area contributed by atoms with E-state index >= 15 is 0 Å². The van der Waals surface area contributed by atoms with Gasteiger partial charge in [-0.05, 0) is 24.3 Å². The van der Waals surface area contributed by atoms with Crippen LogP contribution in [-0.2, 0) is 13.2 Å². The second-order valence-electron chi connectivity index (χ2n) is 3.93. The number of aryl methyl sites for hydroxylation is 1. The number of carbonyl (C=O) groups excluding carboxylic acids is 1. The van der Waals surface area contributed by atoms with Crippen molar-refractivity contribution < 1.29 is 18.0 Å². The van der Waals surface area contributed by atoms with Crippen LogP contribution in [-0.4, -0.2) is 15.7 Å². The molecule has 2 aromatic rings. The topological polar surface area (TPSA) is 46.9 Å². The number of hydrogen-bond acceptors (Lipinski definition) is 2. The molecule has 0 spiro atoms. The van der Waals surface area contributed by atoms with Crippen LogP contribution >= 0.6 is 0 Å². The Bertz CT molecular complexity index is 587. The molecule has 2 rings (SSSR count). The fraction of sp³-hybridized carbons (Fsp3) is 0.167. The van der Waals surface area contributed by atoms with E-state index in [0.717, 1.165) is 12.1 Å². The molecule has 0 bridgehead atoms. The average molecular weight is 269 g/mol. The molecule has 7 heteroatoms. The number of anilines is 1. The molecule has 0 aliphatic carbocycles. The minimum Gasteiger partial charge on any atom is -0.322 e. The highest BCUT2D eigenvalue weighted by Crippen LogP contribution is 2.29. The largest absolute Gasteiger partial charge is 0.416 e. The van der Waals surface area contributed by atoms with Crippen LogP contribution in [0.3, 0.4) is 0 Å². The standard InChI is InChI=1S/C12H10F3N3O/c1-18-7-8(6-16-18)11(19)17-10-4-2-9(3-5-10)12(13,14)15/h2-7H,1H3,(H,17,19). The molecule has 1 N–H and O–H groups in total. The van der Waals surface area contributed by atoms with Crippen LogP contribution in [0.15, 0.2) is 36.7 Å². The third-order valence-corrected chi connectivity index (χ3v) is 2.44. The molecule has 1 amide bonds. The SMILES string of the molecule is Cn1cc(C(=O)Nc2ccc(C(F)(F)F)cc2)cn1. The summed E-state index contributed by atoms with van der Waals surface area (Å²) in [5.74, 6) is -0.423. The molecule has 19 heavy (non-hydrogen) atoms. The Hall–Kier alpha value is -2.31. The van der Waals surface area contributed by atoms with Crippen LogP contribution in [0.4, 0.5) is 18.9 Å². The van der Waals surface area contributed by atoms with Crippen LogP contribution in [0.5, 0.6) is 0 Å². The van der Waals surface area contributed by atoms with Crippen LogP contribution in [0.2, 0.25) is 0 Å². The predicted molar refractivity (Wildman–Crippen MR) is 62.6 cm³/mol. The summed E-state index contributed by atoms with van der Waals surface area (Å²) in [5, 5.41) is 6.32. The Balaban J connectivity index is 2.10. The molecule has 4 nitrogen and oxygen atoms in total. The lowest BCUT2D eigenvalue weighted by molar-refractivity contribution is -0.137. The van der Waals surface area contributed by atoms with Gasteiger partial charge in [-0.3, -0.25) is 9.48 Å². The highest BCUT2D eigenvalue weighted by molar-refractivity contribution is 6.03. The molecule has 0 aliphatic heterocycles. The summed E-state index contributed by atoms with van der Waals surface area (Å²) in [7, 11) is 1.66. The van der Waals surface area contributed by atoms with Gasteiger partial charge >= 0.3 is 6.18 Å². The molecular weight excluding hydrogens is 259 g/mol. The number of alkyl halides is 3. The maximum atomic E-state index is 12.4. The lowest BCUT2D eigenvalue weighted by atomic mass is 10.2. The van der Waals surface area contributed by atoms with Crippen LogP contribution in [0.1, 0.15) is 15.9 Å². The van der Waals surface area contributed by atoms with Gasteiger partial charge in [-0.25, -0.2) is 0 Å². The van der Waals surface area contributed by atoms with Crippen molar-refractivity contribution in [2.75, 3.05) is 5.32 Å². The van der Waals surface area contributed by atoms with Crippen molar-refractivity contribution in [3.05, 3.63) is 47.8 Å². The number of aromatic nitrogens is 2. The van der Waals surface area contributed by atoms with Crippen LogP contribution in [0.25, 0.3) is 0 Å². The zero-order chi connectivity index (χ0) is 14.0. The van der Waals surface area contributed by atoms with Crippen molar-refractivity contribution in [1.29, 1.82) is 0 Å². The maximum Gasteiger partial charge on any atom is 0.416 e. The summed E-state index contributed by atoms with van der Waals surface area (Å²) in [5.41, 5.74) is -0.129. The highest BCUT2D eigenvalue weighted by atomic mass is 19.4. The van der Waals surface area contributed by atoms with E-state index < -0.39 is 17.6 Å². The summed E-state index contributed by atoms with van der Waals surface area (Å²) in [6.45, 7) is 0. The van der Waals surface area contributed by atoms with Gasteiger partial charge in [-0.15, -0.1) is 0 Å². The van der Waals surface area contributed by atoms with Crippen molar-refractivity contribution in [2.24, 2.45) is 7.05 Å². The van der Waals surface area contributed by atoms with Gasteiger partial charge in [-0.2, -0.15) is 18.3 Å². The molecular formula is C12H10F3N3O. The first-order chi connectivity index (χ1) is 8.86. The predicted octanol–water partition coefficient (Wildman–Crippen LogP) is 2.69. The van der Waals surface area contributed by atoms with Gasteiger partial charge in [0, 0.05) is 18.9 Å². The van der Waals surface area contributed by atoms with Crippen LogP contribution in [0, 0.1) is 0 Å². The Morgan fingerprint density at radius 1 is 1.26 bits per heavy atom.